The van der Waals surface area contributed by atoms with Gasteiger partial charge in [0.25, 0.3) is 0 Å². The molecule has 0 unspecified atom stereocenters. The van der Waals surface area contributed by atoms with E-state index in [1.807, 2.05) is 0 Å². The first-order valence-corrected chi connectivity index (χ1v) is 5.98. The SMILES string of the molecule is O=C(/C=C/c1ccc(F)cc1)Oc1c(F)c(F)c(F)c(F)c1F. The zero-order chi connectivity index (χ0) is 17.1. The first-order valence-electron chi connectivity index (χ1n) is 5.98. The molecule has 2 rings (SSSR count). The Bertz CT molecular complexity index is 755. The highest BCUT2D eigenvalue weighted by Crippen LogP contribution is 2.29. The van der Waals surface area contributed by atoms with Crippen molar-refractivity contribution < 1.29 is 35.9 Å². The predicted octanol–water partition coefficient (Wildman–Crippen LogP) is 4.14. The molecule has 0 aliphatic rings. The van der Waals surface area contributed by atoms with Gasteiger partial charge in [-0.15, -0.1) is 0 Å². The van der Waals surface area contributed by atoms with Crippen molar-refractivity contribution in [2.45, 2.75) is 0 Å². The van der Waals surface area contributed by atoms with Crippen LogP contribution in [-0.4, -0.2) is 5.97 Å². The van der Waals surface area contributed by atoms with Crippen LogP contribution in [0.25, 0.3) is 6.08 Å². The van der Waals surface area contributed by atoms with E-state index in [0.29, 0.717) is 11.6 Å². The molecule has 0 aliphatic heterocycles. The molecular weight excluding hydrogens is 326 g/mol. The second kappa shape index (κ2) is 6.55. The van der Waals surface area contributed by atoms with Crippen LogP contribution in [-0.2, 0) is 4.79 Å². The molecule has 0 saturated heterocycles. The molecule has 0 radical (unpaired) electrons. The molecule has 2 aromatic rings. The monoisotopic (exact) mass is 332 g/mol. The number of hydrogen-bond acceptors (Lipinski definition) is 2. The van der Waals surface area contributed by atoms with Crippen LogP contribution in [0.5, 0.6) is 5.75 Å². The summed E-state index contributed by atoms with van der Waals surface area (Å²) < 4.78 is 82.1. The van der Waals surface area contributed by atoms with Gasteiger partial charge in [0.2, 0.25) is 34.8 Å². The maximum Gasteiger partial charge on any atom is 0.336 e. The van der Waals surface area contributed by atoms with Gasteiger partial charge in [-0.1, -0.05) is 12.1 Å². The van der Waals surface area contributed by atoms with Crippen LogP contribution in [0.1, 0.15) is 5.56 Å². The summed E-state index contributed by atoms with van der Waals surface area (Å²) in [6, 6.07) is 4.76. The molecule has 0 aromatic heterocycles. The fraction of sp³-hybridized carbons (Fsp3) is 0. The Labute approximate surface area is 125 Å². The first kappa shape index (κ1) is 16.6. The van der Waals surface area contributed by atoms with E-state index < -0.39 is 46.6 Å². The van der Waals surface area contributed by atoms with E-state index in [1.165, 1.54) is 12.1 Å². The van der Waals surface area contributed by atoms with Gasteiger partial charge in [0.05, 0.1) is 0 Å². The number of esters is 1. The third-order valence-electron chi connectivity index (χ3n) is 2.65. The Hall–Kier alpha value is -2.77. The number of halogens is 6. The van der Waals surface area contributed by atoms with Crippen LogP contribution in [0, 0.1) is 34.9 Å². The number of carbonyl (C=O) groups excluding carboxylic acids is 1. The molecule has 0 atom stereocenters. The van der Waals surface area contributed by atoms with E-state index in [1.54, 1.807) is 0 Å². The molecule has 120 valence electrons. The quantitative estimate of drug-likeness (QED) is 0.211. The molecule has 0 bridgehead atoms. The highest BCUT2D eigenvalue weighted by molar-refractivity contribution is 5.88. The second-order valence-electron chi connectivity index (χ2n) is 4.21. The van der Waals surface area contributed by atoms with Gasteiger partial charge in [-0.25, -0.2) is 22.4 Å². The lowest BCUT2D eigenvalue weighted by atomic mass is 10.2. The Morgan fingerprint density at radius 3 is 1.78 bits per heavy atom. The van der Waals surface area contributed by atoms with Gasteiger partial charge >= 0.3 is 5.97 Å². The van der Waals surface area contributed by atoms with Crippen molar-refractivity contribution in [2.24, 2.45) is 0 Å². The number of rotatable bonds is 3. The van der Waals surface area contributed by atoms with Crippen molar-refractivity contribution in [1.29, 1.82) is 0 Å². The summed E-state index contributed by atoms with van der Waals surface area (Å²) in [5, 5.41) is 0. The van der Waals surface area contributed by atoms with E-state index in [4.69, 9.17) is 0 Å². The molecule has 0 aliphatic carbocycles. The fourth-order valence-electron chi connectivity index (χ4n) is 1.55. The van der Waals surface area contributed by atoms with Crippen LogP contribution in [0.4, 0.5) is 26.3 Å². The summed E-state index contributed by atoms with van der Waals surface area (Å²) in [6.45, 7) is 0. The molecule has 0 heterocycles. The Morgan fingerprint density at radius 1 is 0.783 bits per heavy atom. The minimum Gasteiger partial charge on any atom is -0.417 e. The molecule has 23 heavy (non-hydrogen) atoms. The first-order chi connectivity index (χ1) is 10.8. The molecule has 0 spiro atoms. The van der Waals surface area contributed by atoms with E-state index >= 15 is 0 Å². The predicted molar refractivity (Wildman–Crippen MR) is 67.3 cm³/mol. The minimum absolute atomic E-state index is 0.348. The zero-order valence-electron chi connectivity index (χ0n) is 11.0. The molecule has 0 amide bonds. The van der Waals surface area contributed by atoms with Crippen LogP contribution < -0.4 is 4.74 Å². The van der Waals surface area contributed by atoms with E-state index in [0.717, 1.165) is 18.2 Å². The van der Waals surface area contributed by atoms with Crippen LogP contribution in [0.2, 0.25) is 0 Å². The third-order valence-corrected chi connectivity index (χ3v) is 2.65. The van der Waals surface area contributed by atoms with Gasteiger partial charge in [-0.3, -0.25) is 0 Å². The van der Waals surface area contributed by atoms with Gasteiger partial charge in [-0.2, -0.15) is 8.78 Å². The molecular formula is C15H6F6O2. The summed E-state index contributed by atoms with van der Waals surface area (Å²) in [4.78, 5) is 11.4. The third kappa shape index (κ3) is 3.53. The lowest BCUT2D eigenvalue weighted by Crippen LogP contribution is -2.11. The average molecular weight is 332 g/mol. The van der Waals surface area contributed by atoms with E-state index in [2.05, 4.69) is 4.74 Å². The zero-order valence-corrected chi connectivity index (χ0v) is 11.0. The number of ether oxygens (including phenoxy) is 1. The molecule has 0 N–H and O–H groups in total. The number of carbonyl (C=O) groups is 1. The standard InChI is InChI=1S/C15H6F6O2/c16-8-4-1-7(2-5-8)3-6-9(22)23-15-13(20)11(18)10(17)12(19)14(15)21/h1-6H/b6-3+. The highest BCUT2D eigenvalue weighted by atomic mass is 19.2. The Morgan fingerprint density at radius 2 is 1.26 bits per heavy atom. The van der Waals surface area contributed by atoms with Gasteiger partial charge in [0.15, 0.2) is 0 Å². The van der Waals surface area contributed by atoms with Gasteiger partial charge in [0.1, 0.15) is 5.82 Å². The van der Waals surface area contributed by atoms with Crippen LogP contribution in [0.15, 0.2) is 30.3 Å². The molecule has 8 heteroatoms. The van der Waals surface area contributed by atoms with Crippen LogP contribution in [0.3, 0.4) is 0 Å². The topological polar surface area (TPSA) is 26.3 Å². The van der Waals surface area contributed by atoms with Crippen molar-refractivity contribution in [3.8, 4) is 5.75 Å². The van der Waals surface area contributed by atoms with Crippen molar-refractivity contribution >= 4 is 12.0 Å². The van der Waals surface area contributed by atoms with Gasteiger partial charge in [0, 0.05) is 6.08 Å². The van der Waals surface area contributed by atoms with Crippen molar-refractivity contribution in [1.82, 2.24) is 0 Å². The normalized spacial score (nSPS) is 11.0. The summed E-state index contributed by atoms with van der Waals surface area (Å²) in [5.41, 5.74) is 0.348. The lowest BCUT2D eigenvalue weighted by molar-refractivity contribution is -0.129. The van der Waals surface area contributed by atoms with Crippen molar-refractivity contribution in [3.05, 3.63) is 70.8 Å². The smallest absolute Gasteiger partial charge is 0.336 e. The number of benzene rings is 2. The molecule has 2 nitrogen and oxygen atoms in total. The van der Waals surface area contributed by atoms with Crippen molar-refractivity contribution in [2.75, 3.05) is 0 Å². The Balaban J connectivity index is 2.22. The molecule has 0 fully saturated rings. The Kier molecular flexibility index (Phi) is 4.73. The maximum atomic E-state index is 13.3. The highest BCUT2D eigenvalue weighted by Gasteiger charge is 2.28. The lowest BCUT2D eigenvalue weighted by Gasteiger charge is -2.07. The largest absolute Gasteiger partial charge is 0.417 e. The summed E-state index contributed by atoms with van der Waals surface area (Å²) >= 11 is 0. The van der Waals surface area contributed by atoms with Crippen LogP contribution >= 0.6 is 0 Å². The maximum absolute atomic E-state index is 13.3. The molecule has 0 saturated carbocycles. The summed E-state index contributed by atoms with van der Waals surface area (Å²) in [5.74, 6) is -14.9. The average Bonchev–Trinajstić information content (AvgIpc) is 2.54. The summed E-state index contributed by atoms with van der Waals surface area (Å²) in [7, 11) is 0. The van der Waals surface area contributed by atoms with E-state index in [-0.39, 0.29) is 0 Å². The van der Waals surface area contributed by atoms with Gasteiger partial charge < -0.3 is 4.74 Å². The molecule has 2 aromatic carbocycles. The fourth-order valence-corrected chi connectivity index (χ4v) is 1.55. The van der Waals surface area contributed by atoms with Crippen molar-refractivity contribution in [3.63, 3.8) is 0 Å². The minimum atomic E-state index is -2.36. The number of hydrogen-bond donors (Lipinski definition) is 0. The van der Waals surface area contributed by atoms with E-state index in [9.17, 15) is 31.1 Å². The summed E-state index contributed by atoms with van der Waals surface area (Å²) in [6.07, 6.45) is 1.79. The second-order valence-corrected chi connectivity index (χ2v) is 4.21. The van der Waals surface area contributed by atoms with Gasteiger partial charge in [-0.05, 0) is 23.8 Å².